The maximum atomic E-state index is 12.9. The monoisotopic (exact) mass is 283 g/mol. The lowest BCUT2D eigenvalue weighted by molar-refractivity contribution is -0.148. The molecule has 0 aromatic heterocycles. The Bertz CT molecular complexity index is 562. The fourth-order valence-corrected chi connectivity index (χ4v) is 2.02. The fourth-order valence-electron chi connectivity index (χ4n) is 2.02. The van der Waals surface area contributed by atoms with Gasteiger partial charge in [-0.25, -0.2) is 4.39 Å². The van der Waals surface area contributed by atoms with Gasteiger partial charge in [0.1, 0.15) is 17.0 Å². The van der Waals surface area contributed by atoms with Crippen molar-refractivity contribution in [2.24, 2.45) is 5.41 Å². The predicted molar refractivity (Wildman–Crippen MR) is 65.9 cm³/mol. The minimum atomic E-state index is -1.23. The largest absolute Gasteiger partial charge is 0.507 e. The van der Waals surface area contributed by atoms with E-state index >= 15 is 0 Å². The number of aliphatic carboxylic acids is 1. The van der Waals surface area contributed by atoms with Gasteiger partial charge in [0, 0.05) is 6.07 Å². The zero-order valence-corrected chi connectivity index (χ0v) is 10.7. The number of amides is 1. The molecule has 1 aliphatic rings. The van der Waals surface area contributed by atoms with Crippen LogP contribution in [0.3, 0.4) is 0 Å². The number of hydrogen-bond donors (Lipinski definition) is 3. The van der Waals surface area contributed by atoms with Crippen molar-refractivity contribution in [1.82, 2.24) is 5.32 Å². The molecule has 2 unspecified atom stereocenters. The number of phenolic OH excluding ortho intramolecular Hbond substituents is 1. The number of phenols is 1. The first-order valence-electron chi connectivity index (χ1n) is 5.95. The van der Waals surface area contributed by atoms with Gasteiger partial charge in [0.05, 0.1) is 24.8 Å². The van der Waals surface area contributed by atoms with Crippen molar-refractivity contribution in [1.29, 1.82) is 0 Å². The van der Waals surface area contributed by atoms with Crippen LogP contribution in [-0.4, -0.2) is 41.3 Å². The second-order valence-electron chi connectivity index (χ2n) is 4.93. The molecule has 6 nitrogen and oxygen atoms in total. The number of carboxylic acids is 1. The molecule has 1 heterocycles. The zero-order valence-electron chi connectivity index (χ0n) is 10.7. The van der Waals surface area contributed by atoms with E-state index in [1.165, 1.54) is 6.92 Å². The van der Waals surface area contributed by atoms with E-state index < -0.39 is 34.9 Å². The molecular weight excluding hydrogens is 269 g/mol. The smallest absolute Gasteiger partial charge is 0.313 e. The number of nitrogens with one attached hydrogen (secondary N) is 1. The molecular formula is C13H14FNO5. The summed E-state index contributed by atoms with van der Waals surface area (Å²) in [6.45, 7) is 1.52. The van der Waals surface area contributed by atoms with Crippen LogP contribution in [0, 0.1) is 11.2 Å². The second kappa shape index (κ2) is 5.09. The average Bonchev–Trinajstić information content (AvgIpc) is 2.72. The predicted octanol–water partition coefficient (Wildman–Crippen LogP) is 0.751. The molecule has 1 saturated heterocycles. The number of ether oxygens (including phenoxy) is 1. The van der Waals surface area contributed by atoms with Crippen LogP contribution in [0.25, 0.3) is 0 Å². The Morgan fingerprint density at radius 2 is 2.20 bits per heavy atom. The maximum absolute atomic E-state index is 12.9. The molecule has 108 valence electrons. The summed E-state index contributed by atoms with van der Waals surface area (Å²) in [4.78, 5) is 23.2. The van der Waals surface area contributed by atoms with Gasteiger partial charge in [-0.05, 0) is 19.1 Å². The molecule has 3 N–H and O–H groups in total. The topological polar surface area (TPSA) is 95.9 Å². The van der Waals surface area contributed by atoms with E-state index in [1.54, 1.807) is 0 Å². The minimum Gasteiger partial charge on any atom is -0.507 e. The Labute approximate surface area is 114 Å². The van der Waals surface area contributed by atoms with Gasteiger partial charge in [-0.1, -0.05) is 0 Å². The maximum Gasteiger partial charge on any atom is 0.313 e. The van der Waals surface area contributed by atoms with Crippen LogP contribution in [0.15, 0.2) is 18.2 Å². The number of hydrogen-bond acceptors (Lipinski definition) is 4. The highest BCUT2D eigenvalue weighted by molar-refractivity contribution is 5.97. The molecule has 7 heteroatoms. The Morgan fingerprint density at radius 3 is 2.80 bits per heavy atom. The number of benzene rings is 1. The van der Waals surface area contributed by atoms with Gasteiger partial charge in [-0.3, -0.25) is 9.59 Å². The third kappa shape index (κ3) is 2.44. The summed E-state index contributed by atoms with van der Waals surface area (Å²) in [5.74, 6) is -2.92. The van der Waals surface area contributed by atoms with Crippen molar-refractivity contribution in [3.05, 3.63) is 29.6 Å². The summed E-state index contributed by atoms with van der Waals surface area (Å²) in [6, 6.07) is 2.26. The van der Waals surface area contributed by atoms with Gasteiger partial charge in [0.15, 0.2) is 0 Å². The van der Waals surface area contributed by atoms with E-state index in [2.05, 4.69) is 5.32 Å². The van der Waals surface area contributed by atoms with Crippen molar-refractivity contribution in [2.45, 2.75) is 13.0 Å². The van der Waals surface area contributed by atoms with Gasteiger partial charge < -0.3 is 20.3 Å². The summed E-state index contributed by atoms with van der Waals surface area (Å²) in [5.41, 5.74) is -1.35. The molecule has 1 aliphatic heterocycles. The minimum absolute atomic E-state index is 0.0112. The zero-order chi connectivity index (χ0) is 14.9. The first-order chi connectivity index (χ1) is 9.34. The van der Waals surface area contributed by atoms with Gasteiger partial charge in [-0.15, -0.1) is 0 Å². The lowest BCUT2D eigenvalue weighted by atomic mass is 9.85. The van der Waals surface area contributed by atoms with E-state index in [0.717, 1.165) is 18.2 Å². The van der Waals surface area contributed by atoms with Crippen LogP contribution in [-0.2, 0) is 9.53 Å². The molecule has 0 spiro atoms. The fraction of sp³-hybridized carbons (Fsp3) is 0.385. The van der Waals surface area contributed by atoms with Crippen LogP contribution in [0.5, 0.6) is 5.75 Å². The number of aromatic hydroxyl groups is 1. The van der Waals surface area contributed by atoms with Crippen LogP contribution in [0.1, 0.15) is 17.3 Å². The molecule has 1 fully saturated rings. The number of halogens is 1. The molecule has 1 aromatic rings. The summed E-state index contributed by atoms with van der Waals surface area (Å²) < 4.78 is 18.0. The molecule has 0 bridgehead atoms. The van der Waals surface area contributed by atoms with Crippen molar-refractivity contribution in [2.75, 3.05) is 13.2 Å². The van der Waals surface area contributed by atoms with E-state index in [1.807, 2.05) is 0 Å². The van der Waals surface area contributed by atoms with Crippen molar-refractivity contribution in [3.63, 3.8) is 0 Å². The first-order valence-corrected chi connectivity index (χ1v) is 5.95. The highest BCUT2D eigenvalue weighted by Crippen LogP contribution is 2.29. The molecule has 0 saturated carbocycles. The van der Waals surface area contributed by atoms with Crippen molar-refractivity contribution >= 4 is 11.9 Å². The standard InChI is InChI=1S/C13H14FNO5/c1-13(12(18)19)6-20-5-10(13)15-11(17)8-3-2-7(14)4-9(8)16/h2-4,10,16H,5-6H2,1H3,(H,15,17)(H,18,19). The average molecular weight is 283 g/mol. The van der Waals surface area contributed by atoms with E-state index in [-0.39, 0.29) is 18.8 Å². The summed E-state index contributed by atoms with van der Waals surface area (Å²) in [5, 5.41) is 21.2. The van der Waals surface area contributed by atoms with Crippen LogP contribution < -0.4 is 5.32 Å². The summed E-state index contributed by atoms with van der Waals surface area (Å²) in [6.07, 6.45) is 0. The van der Waals surface area contributed by atoms with Crippen molar-refractivity contribution < 1.29 is 28.9 Å². The summed E-state index contributed by atoms with van der Waals surface area (Å²) >= 11 is 0. The Balaban J connectivity index is 2.17. The Hall–Kier alpha value is -2.15. The normalized spacial score (nSPS) is 25.4. The molecule has 1 aromatic carbocycles. The molecule has 2 rings (SSSR count). The molecule has 0 aliphatic carbocycles. The number of rotatable bonds is 3. The Morgan fingerprint density at radius 1 is 1.50 bits per heavy atom. The lowest BCUT2D eigenvalue weighted by Crippen LogP contribution is -2.49. The van der Waals surface area contributed by atoms with E-state index in [4.69, 9.17) is 4.74 Å². The molecule has 1 amide bonds. The second-order valence-corrected chi connectivity index (χ2v) is 4.93. The SMILES string of the molecule is CC1(C(=O)O)COCC1NC(=O)c1ccc(F)cc1O. The van der Waals surface area contributed by atoms with Crippen LogP contribution in [0.2, 0.25) is 0 Å². The van der Waals surface area contributed by atoms with E-state index in [0.29, 0.717) is 0 Å². The lowest BCUT2D eigenvalue weighted by Gasteiger charge is -2.25. The van der Waals surface area contributed by atoms with Crippen molar-refractivity contribution in [3.8, 4) is 5.75 Å². The van der Waals surface area contributed by atoms with E-state index in [9.17, 15) is 24.2 Å². The third-order valence-electron chi connectivity index (χ3n) is 3.45. The van der Waals surface area contributed by atoms with Gasteiger partial charge in [-0.2, -0.15) is 0 Å². The Kier molecular flexibility index (Phi) is 3.63. The quantitative estimate of drug-likeness (QED) is 0.760. The van der Waals surface area contributed by atoms with Crippen LogP contribution in [0.4, 0.5) is 4.39 Å². The highest BCUT2D eigenvalue weighted by atomic mass is 19.1. The van der Waals surface area contributed by atoms with Gasteiger partial charge in [0.25, 0.3) is 5.91 Å². The molecule has 20 heavy (non-hydrogen) atoms. The molecule has 0 radical (unpaired) electrons. The highest BCUT2D eigenvalue weighted by Gasteiger charge is 2.47. The molecule has 2 atom stereocenters. The number of carbonyl (C=O) groups is 2. The third-order valence-corrected chi connectivity index (χ3v) is 3.45. The summed E-state index contributed by atoms with van der Waals surface area (Å²) in [7, 11) is 0. The number of carboxylic acid groups (broad SMARTS) is 1. The van der Waals surface area contributed by atoms with Gasteiger partial charge in [0.2, 0.25) is 0 Å². The first kappa shape index (κ1) is 14.3. The van der Waals surface area contributed by atoms with Crippen LogP contribution >= 0.6 is 0 Å². The van der Waals surface area contributed by atoms with Gasteiger partial charge >= 0.3 is 5.97 Å². The number of carbonyl (C=O) groups excluding carboxylic acids is 1.